The molecule has 0 radical (unpaired) electrons. The van der Waals surface area contributed by atoms with Crippen LogP contribution in [-0.4, -0.2) is 83.5 Å². The molecule has 1 saturated heterocycles. The van der Waals surface area contributed by atoms with Crippen molar-refractivity contribution < 1.29 is 43.9 Å². The molecule has 1 aliphatic heterocycles. The number of allylic oxidation sites excluding steroid dienone is 1. The van der Waals surface area contributed by atoms with Gasteiger partial charge >= 0.3 is 6.16 Å². The molecule has 0 unspecified atom stereocenters. The van der Waals surface area contributed by atoms with Crippen molar-refractivity contribution in [2.45, 2.75) is 76.8 Å². The fraction of sp³-hybridized carbons (Fsp3) is 0.577. The number of ether oxygens (including phenoxy) is 3. The Hall–Kier alpha value is -2.99. The Kier molecular flexibility index (Phi) is 11.5. The molecule has 0 saturated carbocycles. The summed E-state index contributed by atoms with van der Waals surface area (Å²) in [7, 11) is 1.16. The molecule has 1 fully saturated rings. The van der Waals surface area contributed by atoms with Crippen LogP contribution in [0.4, 0.5) is 4.79 Å². The predicted octanol–water partition coefficient (Wildman–Crippen LogP) is 0.803. The van der Waals surface area contributed by atoms with Gasteiger partial charge in [-0.25, -0.2) is 4.79 Å². The Morgan fingerprint density at radius 2 is 1.81 bits per heavy atom. The maximum absolute atomic E-state index is 12.8. The van der Waals surface area contributed by atoms with Crippen molar-refractivity contribution in [3.63, 3.8) is 0 Å². The van der Waals surface area contributed by atoms with Gasteiger partial charge in [0.2, 0.25) is 5.91 Å². The molecule has 5 N–H and O–H groups in total. The summed E-state index contributed by atoms with van der Waals surface area (Å²) in [6, 6.07) is 8.10. The Balaban J connectivity index is 1.89. The summed E-state index contributed by atoms with van der Waals surface area (Å²) < 4.78 is 15.4. The van der Waals surface area contributed by atoms with Crippen molar-refractivity contribution in [2.24, 2.45) is 5.41 Å². The van der Waals surface area contributed by atoms with Crippen molar-refractivity contribution in [3.8, 4) is 0 Å². The number of hydrogen-bond acceptors (Lipinski definition) is 9. The number of rotatable bonds is 10. The van der Waals surface area contributed by atoms with Crippen LogP contribution < -0.4 is 10.6 Å². The second kappa shape index (κ2) is 14.1. The van der Waals surface area contributed by atoms with Crippen LogP contribution in [0.25, 0.3) is 0 Å². The van der Waals surface area contributed by atoms with Gasteiger partial charge in [-0.2, -0.15) is 0 Å². The van der Waals surface area contributed by atoms with Crippen LogP contribution in [0.1, 0.15) is 39.2 Å². The number of nitrogens with one attached hydrogen (secondary N) is 2. The van der Waals surface area contributed by atoms with E-state index >= 15 is 0 Å². The molecule has 0 bridgehead atoms. The molecule has 11 nitrogen and oxygen atoms in total. The average Bonchev–Trinajstić information content (AvgIpc) is 3.02. The lowest BCUT2D eigenvalue weighted by molar-refractivity contribution is -0.150. The first kappa shape index (κ1) is 30.2. The van der Waals surface area contributed by atoms with Crippen molar-refractivity contribution in [1.29, 1.82) is 0 Å². The van der Waals surface area contributed by atoms with E-state index in [2.05, 4.69) is 10.6 Å². The molecular weight excluding hydrogens is 484 g/mol. The third-order valence-corrected chi connectivity index (χ3v) is 5.69. The highest BCUT2D eigenvalue weighted by molar-refractivity contribution is 5.89. The molecule has 0 spiro atoms. The van der Waals surface area contributed by atoms with E-state index in [1.165, 1.54) is 6.08 Å². The van der Waals surface area contributed by atoms with Gasteiger partial charge in [-0.1, -0.05) is 63.3 Å². The second-order valence-corrected chi connectivity index (χ2v) is 10.0. The van der Waals surface area contributed by atoms with Crippen LogP contribution >= 0.6 is 0 Å². The topological polar surface area (TPSA) is 164 Å². The number of carbonyl (C=O) groups is 3. The van der Waals surface area contributed by atoms with E-state index in [-0.39, 0.29) is 31.4 Å². The van der Waals surface area contributed by atoms with Gasteiger partial charge in [-0.15, -0.1) is 0 Å². The molecule has 206 valence electrons. The highest BCUT2D eigenvalue weighted by Gasteiger charge is 2.37. The number of aliphatic hydroxyl groups is 3. The minimum absolute atomic E-state index is 0.0347. The quantitative estimate of drug-likeness (QED) is 0.221. The van der Waals surface area contributed by atoms with Gasteiger partial charge in [0.1, 0.15) is 37.1 Å². The minimum Gasteiger partial charge on any atom is -0.429 e. The summed E-state index contributed by atoms with van der Waals surface area (Å²) in [5.74, 6) is -1.35. The van der Waals surface area contributed by atoms with E-state index in [4.69, 9.17) is 14.2 Å². The van der Waals surface area contributed by atoms with Gasteiger partial charge in [0.15, 0.2) is 6.10 Å². The van der Waals surface area contributed by atoms with Gasteiger partial charge in [-0.3, -0.25) is 9.59 Å². The maximum Gasteiger partial charge on any atom is 0.508 e. The summed E-state index contributed by atoms with van der Waals surface area (Å²) >= 11 is 0. The number of methoxy groups -OCH3 is 1. The number of aliphatic hydroxyl groups excluding tert-OH is 3. The monoisotopic (exact) mass is 522 g/mol. The third kappa shape index (κ3) is 10.1. The molecule has 1 aromatic rings. The number of amides is 2. The Bertz CT molecular complexity index is 916. The third-order valence-electron chi connectivity index (χ3n) is 5.69. The zero-order valence-corrected chi connectivity index (χ0v) is 21.6. The lowest BCUT2D eigenvalue weighted by Crippen LogP contribution is -2.55. The zero-order chi connectivity index (χ0) is 27.6. The first-order valence-electron chi connectivity index (χ1n) is 12.1. The van der Waals surface area contributed by atoms with Crippen LogP contribution in [-0.2, 0) is 30.4 Å². The Labute approximate surface area is 216 Å². The number of benzene rings is 1. The molecular formula is C26H38N2O9. The summed E-state index contributed by atoms with van der Waals surface area (Å²) in [6.07, 6.45) is -4.62. The largest absolute Gasteiger partial charge is 0.508 e. The van der Waals surface area contributed by atoms with E-state index in [9.17, 15) is 29.7 Å². The molecule has 0 aromatic heterocycles. The summed E-state index contributed by atoms with van der Waals surface area (Å²) in [4.78, 5) is 37.3. The fourth-order valence-corrected chi connectivity index (χ4v) is 3.59. The molecule has 0 aliphatic carbocycles. The van der Waals surface area contributed by atoms with Crippen molar-refractivity contribution in [2.75, 3.05) is 13.7 Å². The summed E-state index contributed by atoms with van der Waals surface area (Å²) in [6.45, 7) is 5.76. The molecule has 1 aliphatic rings. The standard InChI is InChI=1S/C26H38N2O9/c1-26(2,3)13-12-19(29)20(30)21(31)22(35-4)24(33)28-18-11-10-17(14-27-23(18)32)37-25(34)36-15-16-8-6-5-7-9-16/h5-9,12-13,17-22,29-31H,10-11,14-15H2,1-4H3,(H,27,32)(H,28,33)/b13-12+/t17-,18+,19-,20+,21-,22-/m1/s1. The van der Waals surface area contributed by atoms with Crippen molar-refractivity contribution >= 4 is 18.0 Å². The van der Waals surface area contributed by atoms with Gasteiger partial charge in [0, 0.05) is 7.11 Å². The van der Waals surface area contributed by atoms with E-state index in [1.54, 1.807) is 18.2 Å². The number of carbonyl (C=O) groups excluding carboxylic acids is 3. The molecule has 11 heteroatoms. The van der Waals surface area contributed by atoms with Crippen LogP contribution in [0.3, 0.4) is 0 Å². The highest BCUT2D eigenvalue weighted by Crippen LogP contribution is 2.17. The predicted molar refractivity (Wildman–Crippen MR) is 133 cm³/mol. The van der Waals surface area contributed by atoms with Crippen molar-refractivity contribution in [3.05, 3.63) is 48.0 Å². The van der Waals surface area contributed by atoms with E-state index < -0.39 is 54.5 Å². The molecule has 2 amide bonds. The Morgan fingerprint density at radius 1 is 1.14 bits per heavy atom. The number of hydrogen-bond donors (Lipinski definition) is 5. The first-order chi connectivity index (χ1) is 17.4. The SMILES string of the molecule is CO[C@@H](C(=O)N[C@H]1CC[C@@H](OC(=O)OCc2ccccc2)CNC1=O)[C@H](O)[C@@H](O)[C@H](O)/C=C/C(C)(C)C. The first-order valence-corrected chi connectivity index (χ1v) is 12.1. The zero-order valence-electron chi connectivity index (χ0n) is 21.6. The molecule has 2 rings (SSSR count). The van der Waals surface area contributed by atoms with Gasteiger partial charge in [0.25, 0.3) is 5.91 Å². The lowest BCUT2D eigenvalue weighted by Gasteiger charge is -2.28. The van der Waals surface area contributed by atoms with Crippen LogP contribution in [0.2, 0.25) is 0 Å². The highest BCUT2D eigenvalue weighted by atomic mass is 16.7. The molecule has 6 atom stereocenters. The minimum atomic E-state index is -1.77. The molecule has 1 aromatic carbocycles. The fourth-order valence-electron chi connectivity index (χ4n) is 3.59. The molecule has 1 heterocycles. The van der Waals surface area contributed by atoms with Gasteiger partial charge in [0.05, 0.1) is 6.54 Å². The van der Waals surface area contributed by atoms with Gasteiger partial charge < -0.3 is 40.2 Å². The second-order valence-electron chi connectivity index (χ2n) is 10.0. The lowest BCUT2D eigenvalue weighted by atomic mass is 9.94. The smallest absolute Gasteiger partial charge is 0.429 e. The average molecular weight is 523 g/mol. The normalized spacial score (nSPS) is 21.8. The van der Waals surface area contributed by atoms with Crippen LogP contribution in [0.5, 0.6) is 0 Å². The molecule has 37 heavy (non-hydrogen) atoms. The summed E-state index contributed by atoms with van der Waals surface area (Å²) in [5.41, 5.74) is 0.533. The van der Waals surface area contributed by atoms with Crippen molar-refractivity contribution in [1.82, 2.24) is 10.6 Å². The van der Waals surface area contributed by atoms with E-state index in [0.29, 0.717) is 0 Å². The van der Waals surface area contributed by atoms with Gasteiger partial charge in [-0.05, 0) is 23.8 Å². The van der Waals surface area contributed by atoms with Crippen LogP contribution in [0.15, 0.2) is 42.5 Å². The maximum atomic E-state index is 12.8. The van der Waals surface area contributed by atoms with E-state index in [0.717, 1.165) is 12.7 Å². The summed E-state index contributed by atoms with van der Waals surface area (Å²) in [5, 5.41) is 36.1. The van der Waals surface area contributed by atoms with Crippen LogP contribution in [0, 0.1) is 5.41 Å². The Morgan fingerprint density at radius 3 is 2.43 bits per heavy atom. The van der Waals surface area contributed by atoms with E-state index in [1.807, 2.05) is 39.0 Å².